The molecule has 0 spiro atoms. The van der Waals surface area contributed by atoms with Gasteiger partial charge in [0.2, 0.25) is 11.8 Å². The number of ether oxygens (including phenoxy) is 1. The quantitative estimate of drug-likeness (QED) is 0.382. The summed E-state index contributed by atoms with van der Waals surface area (Å²) in [5.74, 6) is 0.749. The summed E-state index contributed by atoms with van der Waals surface area (Å²) >= 11 is 1.68. The van der Waals surface area contributed by atoms with Gasteiger partial charge in [0.1, 0.15) is 19.1 Å². The average molecular weight is 584 g/mol. The van der Waals surface area contributed by atoms with E-state index in [4.69, 9.17) is 4.74 Å². The van der Waals surface area contributed by atoms with Crippen molar-refractivity contribution in [1.29, 1.82) is 0 Å². The second-order valence-corrected chi connectivity index (χ2v) is 12.7. The zero-order chi connectivity index (χ0) is 27.9. The van der Waals surface area contributed by atoms with Crippen molar-refractivity contribution in [1.82, 2.24) is 35.8 Å². The van der Waals surface area contributed by atoms with Gasteiger partial charge in [-0.2, -0.15) is 5.01 Å². The van der Waals surface area contributed by atoms with Crippen LogP contribution in [0.4, 0.5) is 11.4 Å². The molecule has 6 aliphatic rings. The molecule has 0 radical (unpaired) electrons. The third kappa shape index (κ3) is 5.44. The minimum Gasteiger partial charge on any atom is -0.369 e. The summed E-state index contributed by atoms with van der Waals surface area (Å²) in [6.07, 6.45) is 3.03. The summed E-state index contributed by atoms with van der Waals surface area (Å²) in [6, 6.07) is 8.63. The fourth-order valence-electron chi connectivity index (χ4n) is 6.93. The van der Waals surface area contributed by atoms with Gasteiger partial charge in [-0.1, -0.05) is 6.08 Å². The number of carbonyl (C=O) groups excluding carboxylic acids is 2. The second-order valence-electron chi connectivity index (χ2n) is 11.7. The van der Waals surface area contributed by atoms with Crippen molar-refractivity contribution in [3.63, 3.8) is 0 Å². The summed E-state index contributed by atoms with van der Waals surface area (Å²) in [5.41, 5.74) is 2.27. The Kier molecular flexibility index (Phi) is 7.84. The molecular formula is C28H41N9O3S. The number of hydrogen-bond donors (Lipinski definition) is 4. The van der Waals surface area contributed by atoms with E-state index in [-0.39, 0.29) is 55.2 Å². The van der Waals surface area contributed by atoms with Crippen LogP contribution in [-0.4, -0.2) is 128 Å². The predicted octanol–water partition coefficient (Wildman–Crippen LogP) is -0.148. The normalized spacial score (nSPS) is 35.8. The Morgan fingerprint density at radius 2 is 1.83 bits per heavy atom. The molecule has 0 aromatic heterocycles. The van der Waals surface area contributed by atoms with Crippen molar-refractivity contribution in [3.05, 3.63) is 35.7 Å². The van der Waals surface area contributed by atoms with Gasteiger partial charge in [-0.05, 0) is 49.6 Å². The highest BCUT2D eigenvalue weighted by molar-refractivity contribution is 8.02. The lowest BCUT2D eigenvalue weighted by Gasteiger charge is -2.50. The van der Waals surface area contributed by atoms with Crippen molar-refractivity contribution in [2.75, 3.05) is 75.4 Å². The van der Waals surface area contributed by atoms with Gasteiger partial charge >= 0.3 is 0 Å². The number of anilines is 2. The SMILES string of the molecule is CN1CCN(c2ccc(NC3NCC4C(=O)N5C/C=C/SCCN6C(=O)COC7CCC(NC76)N5C4N3)cc2)CC1. The first-order valence-corrected chi connectivity index (χ1v) is 15.9. The smallest absolute Gasteiger partial charge is 0.249 e. The standard InChI is InChI=1S/C28H41N9O3S/c1-33-10-12-34(13-11-33)20-5-3-19(4-6-20)30-28-29-17-21-25(32-28)37-23-8-7-22-26(31-23)35(24(38)18-40-22)14-16-41-15-2-9-36(37)27(21)39/h2-6,15,21-23,25-26,28-32H,7-14,16-18H2,1H3/b15-2+. The number of nitrogens with zero attached hydrogens (tertiary/aromatic N) is 5. The third-order valence-corrected chi connectivity index (χ3v) is 10.0. The molecule has 1 aromatic carbocycles. The number of benzene rings is 1. The van der Waals surface area contributed by atoms with Crippen molar-refractivity contribution in [2.45, 2.75) is 43.7 Å². The maximum absolute atomic E-state index is 13.7. The number of rotatable bonds is 3. The third-order valence-electron chi connectivity index (χ3n) is 9.20. The maximum Gasteiger partial charge on any atom is 0.249 e. The Hall–Kier alpha value is -2.39. The van der Waals surface area contributed by atoms with Crippen molar-refractivity contribution in [2.24, 2.45) is 5.92 Å². The zero-order valence-corrected chi connectivity index (χ0v) is 24.4. The van der Waals surface area contributed by atoms with Crippen LogP contribution in [0.2, 0.25) is 0 Å². The molecule has 2 bridgehead atoms. The van der Waals surface area contributed by atoms with E-state index < -0.39 is 0 Å². The molecular weight excluding hydrogens is 542 g/mol. The van der Waals surface area contributed by atoms with Crippen LogP contribution in [0.25, 0.3) is 0 Å². The van der Waals surface area contributed by atoms with E-state index in [1.807, 2.05) is 9.91 Å². The second kappa shape index (κ2) is 11.7. The molecule has 0 saturated carbocycles. The van der Waals surface area contributed by atoms with Crippen molar-refractivity contribution < 1.29 is 14.3 Å². The number of hydrazine groups is 1. The van der Waals surface area contributed by atoms with Gasteiger partial charge in [0.05, 0.1) is 30.9 Å². The summed E-state index contributed by atoms with van der Waals surface area (Å²) in [4.78, 5) is 33.2. The van der Waals surface area contributed by atoms with Gasteiger partial charge in [0.25, 0.3) is 0 Å². The summed E-state index contributed by atoms with van der Waals surface area (Å²) in [6.45, 7) is 6.17. The number of morpholine rings is 1. The van der Waals surface area contributed by atoms with Crippen LogP contribution < -0.4 is 26.2 Å². The summed E-state index contributed by atoms with van der Waals surface area (Å²) < 4.78 is 5.93. The number of piperidine rings is 1. The zero-order valence-electron chi connectivity index (χ0n) is 23.6. The van der Waals surface area contributed by atoms with Crippen LogP contribution in [0.1, 0.15) is 12.8 Å². The Bertz CT molecular complexity index is 1150. The number of carbonyl (C=O) groups is 2. The highest BCUT2D eigenvalue weighted by Crippen LogP contribution is 2.34. The predicted molar refractivity (Wildman–Crippen MR) is 159 cm³/mol. The van der Waals surface area contributed by atoms with E-state index in [1.54, 1.807) is 11.8 Å². The summed E-state index contributed by atoms with van der Waals surface area (Å²) in [5, 5.41) is 20.7. The molecule has 41 heavy (non-hydrogen) atoms. The van der Waals surface area contributed by atoms with Gasteiger partial charge in [-0.3, -0.25) is 30.5 Å². The Morgan fingerprint density at radius 3 is 2.66 bits per heavy atom. The van der Waals surface area contributed by atoms with Crippen LogP contribution in [0.15, 0.2) is 35.7 Å². The van der Waals surface area contributed by atoms with Gasteiger partial charge < -0.3 is 24.8 Å². The minimum absolute atomic E-state index is 0.0242. The van der Waals surface area contributed by atoms with E-state index in [9.17, 15) is 9.59 Å². The van der Waals surface area contributed by atoms with Gasteiger partial charge in [0.15, 0.2) is 0 Å². The number of hydrogen-bond acceptors (Lipinski definition) is 11. The largest absolute Gasteiger partial charge is 0.369 e. The Morgan fingerprint density at radius 1 is 1.00 bits per heavy atom. The van der Waals surface area contributed by atoms with Crippen LogP contribution >= 0.6 is 11.8 Å². The van der Waals surface area contributed by atoms with E-state index in [0.29, 0.717) is 19.6 Å². The number of fused-ring (bicyclic) bond motifs is 5. The minimum atomic E-state index is -0.210. The number of amides is 2. The molecule has 6 unspecified atom stereocenters. The van der Waals surface area contributed by atoms with Crippen LogP contribution in [0.3, 0.4) is 0 Å². The number of nitrogens with one attached hydrogen (secondary N) is 4. The first-order chi connectivity index (χ1) is 20.0. The summed E-state index contributed by atoms with van der Waals surface area (Å²) in [7, 11) is 2.17. The molecule has 12 nitrogen and oxygen atoms in total. The number of likely N-dealkylation sites (N-methyl/N-ethyl adjacent to an activating group) is 1. The molecule has 0 aliphatic carbocycles. The first kappa shape index (κ1) is 27.4. The highest BCUT2D eigenvalue weighted by Gasteiger charge is 2.53. The first-order valence-electron chi connectivity index (χ1n) is 14.9. The van der Waals surface area contributed by atoms with Gasteiger partial charge in [0, 0.05) is 56.4 Å². The lowest BCUT2D eigenvalue weighted by Crippen LogP contribution is -2.72. The van der Waals surface area contributed by atoms with Gasteiger partial charge in [-0.15, -0.1) is 11.8 Å². The Balaban J connectivity index is 1.08. The molecule has 1 aromatic rings. The molecule has 2 amide bonds. The van der Waals surface area contributed by atoms with Crippen LogP contribution in [-0.2, 0) is 14.3 Å². The lowest BCUT2D eigenvalue weighted by atomic mass is 9.99. The number of piperazine rings is 1. The molecule has 222 valence electrons. The highest BCUT2D eigenvalue weighted by atomic mass is 32.2. The fraction of sp³-hybridized carbons (Fsp3) is 0.643. The van der Waals surface area contributed by atoms with Crippen LogP contribution in [0.5, 0.6) is 0 Å². The fourth-order valence-corrected chi connectivity index (χ4v) is 7.59. The van der Waals surface area contributed by atoms with Crippen molar-refractivity contribution in [3.8, 4) is 0 Å². The monoisotopic (exact) mass is 583 g/mol. The van der Waals surface area contributed by atoms with Crippen LogP contribution in [0, 0.1) is 5.92 Å². The van der Waals surface area contributed by atoms with E-state index in [1.165, 1.54) is 5.69 Å². The average Bonchev–Trinajstić information content (AvgIpc) is 3.26. The van der Waals surface area contributed by atoms with Crippen molar-refractivity contribution >= 4 is 35.0 Å². The molecule has 5 fully saturated rings. The van der Waals surface area contributed by atoms with Gasteiger partial charge in [-0.25, -0.2) is 0 Å². The molecule has 7 rings (SSSR count). The van der Waals surface area contributed by atoms with E-state index >= 15 is 0 Å². The molecule has 4 N–H and O–H groups in total. The molecule has 6 atom stereocenters. The molecule has 6 heterocycles. The molecule has 13 heteroatoms. The Labute approximate surface area is 245 Å². The van der Waals surface area contributed by atoms with E-state index in [2.05, 4.69) is 78.9 Å². The van der Waals surface area contributed by atoms with E-state index in [0.717, 1.165) is 50.5 Å². The topological polar surface area (TPSA) is 108 Å². The molecule has 6 aliphatic heterocycles. The lowest BCUT2D eigenvalue weighted by molar-refractivity contribution is -0.175. The number of thioether (sulfide) groups is 1. The maximum atomic E-state index is 13.7. The molecule has 5 saturated heterocycles.